The molecule has 1 aliphatic rings. The Balaban J connectivity index is 1.70. The summed E-state index contributed by atoms with van der Waals surface area (Å²) in [7, 11) is 1.49. The van der Waals surface area contributed by atoms with Crippen molar-refractivity contribution in [3.63, 3.8) is 0 Å². The highest BCUT2D eigenvalue weighted by Crippen LogP contribution is 2.35. The largest absolute Gasteiger partial charge is 0.495 e. The van der Waals surface area contributed by atoms with Crippen LogP contribution >= 0.6 is 11.6 Å². The summed E-state index contributed by atoms with van der Waals surface area (Å²) in [4.78, 5) is 43.5. The van der Waals surface area contributed by atoms with Gasteiger partial charge in [0.05, 0.1) is 24.6 Å². The van der Waals surface area contributed by atoms with Gasteiger partial charge in [0.25, 0.3) is 5.56 Å². The van der Waals surface area contributed by atoms with Crippen molar-refractivity contribution in [2.24, 2.45) is 5.16 Å². The number of carbonyl (C=O) groups is 2. The number of unbranched alkanes of at least 4 members (excludes halogenated alkanes) is 3. The fourth-order valence-corrected chi connectivity index (χ4v) is 4.93. The Labute approximate surface area is 242 Å². The van der Waals surface area contributed by atoms with E-state index in [9.17, 15) is 14.4 Å². The molecule has 0 spiro atoms. The van der Waals surface area contributed by atoms with Gasteiger partial charge in [-0.05, 0) is 54.8 Å². The number of aromatic carboxylic acids is 1. The number of nitrogens with zero attached hydrogens (tertiary/aromatic N) is 2. The van der Waals surface area contributed by atoms with Crippen molar-refractivity contribution >= 4 is 34.9 Å². The lowest BCUT2D eigenvalue weighted by atomic mass is 9.95. The van der Waals surface area contributed by atoms with Crippen molar-refractivity contribution in [3.8, 4) is 16.9 Å². The van der Waals surface area contributed by atoms with E-state index in [-0.39, 0.29) is 12.2 Å². The summed E-state index contributed by atoms with van der Waals surface area (Å²) in [6, 6.07) is 11.7. The number of carboxylic acids is 1. The summed E-state index contributed by atoms with van der Waals surface area (Å²) >= 11 is 6.33. The predicted octanol–water partition coefficient (Wildman–Crippen LogP) is 5.12. The maximum Gasteiger partial charge on any atom is 0.335 e. The number of pyridine rings is 1. The van der Waals surface area contributed by atoms with Gasteiger partial charge in [0, 0.05) is 40.9 Å². The maximum atomic E-state index is 13.6. The molecule has 1 atom stereocenters. The zero-order chi connectivity index (χ0) is 29.4. The van der Waals surface area contributed by atoms with Crippen LogP contribution in [0, 0.1) is 0 Å². The lowest BCUT2D eigenvalue weighted by Gasteiger charge is -2.22. The molecule has 2 heterocycles. The van der Waals surface area contributed by atoms with Crippen molar-refractivity contribution in [2.75, 3.05) is 25.6 Å². The van der Waals surface area contributed by atoms with Gasteiger partial charge in [-0.3, -0.25) is 14.2 Å². The number of hydrogen-bond donors (Lipinski definition) is 3. The highest BCUT2D eigenvalue weighted by Gasteiger charge is 2.25. The number of ether oxygens (including phenoxy) is 1. The first-order chi connectivity index (χ1) is 19.8. The maximum absolute atomic E-state index is 13.6. The first-order valence-electron chi connectivity index (χ1n) is 13.4. The minimum atomic E-state index is -1.07. The molecular weight excluding hydrogens is 550 g/mol. The molecule has 1 unspecified atom stereocenters. The zero-order valence-electron chi connectivity index (χ0n) is 22.6. The van der Waals surface area contributed by atoms with Crippen LogP contribution in [0.25, 0.3) is 11.1 Å². The van der Waals surface area contributed by atoms with Crippen molar-refractivity contribution in [2.45, 2.75) is 44.6 Å². The molecule has 0 saturated heterocycles. The second kappa shape index (κ2) is 14.0. The second-order valence-electron chi connectivity index (χ2n) is 9.63. The smallest absolute Gasteiger partial charge is 0.335 e. The molecule has 4 rings (SSSR count). The van der Waals surface area contributed by atoms with Crippen molar-refractivity contribution in [1.82, 2.24) is 4.57 Å². The molecule has 11 heteroatoms. The Kier molecular flexibility index (Phi) is 10.2. The third-order valence-electron chi connectivity index (χ3n) is 6.88. The van der Waals surface area contributed by atoms with E-state index in [1.807, 2.05) is 6.07 Å². The molecule has 3 N–H and O–H groups in total. The number of amides is 1. The van der Waals surface area contributed by atoms with E-state index in [4.69, 9.17) is 31.4 Å². The molecule has 2 aromatic carbocycles. The van der Waals surface area contributed by atoms with Crippen molar-refractivity contribution in [1.29, 1.82) is 0 Å². The first-order valence-corrected chi connectivity index (χ1v) is 13.7. The quantitative estimate of drug-likeness (QED) is 0.238. The van der Waals surface area contributed by atoms with E-state index in [0.29, 0.717) is 59.9 Å². The number of benzene rings is 2. The number of carboxylic acid groups (broad SMARTS) is 1. The molecule has 216 valence electrons. The molecule has 0 aliphatic carbocycles. The molecule has 1 amide bonds. The van der Waals surface area contributed by atoms with Gasteiger partial charge in [-0.2, -0.15) is 0 Å². The predicted molar refractivity (Wildman–Crippen MR) is 156 cm³/mol. The number of oxime groups is 1. The number of anilines is 1. The highest BCUT2D eigenvalue weighted by atomic mass is 35.5. The topological polar surface area (TPSA) is 139 Å². The van der Waals surface area contributed by atoms with E-state index in [1.165, 1.54) is 48.2 Å². The van der Waals surface area contributed by atoms with Gasteiger partial charge < -0.3 is 25.1 Å². The lowest BCUT2D eigenvalue weighted by Crippen LogP contribution is -2.33. The van der Waals surface area contributed by atoms with Gasteiger partial charge in [0.2, 0.25) is 5.91 Å². The van der Waals surface area contributed by atoms with Gasteiger partial charge in [-0.1, -0.05) is 42.1 Å². The molecule has 0 bridgehead atoms. The number of nitrogens with one attached hydrogen (secondary N) is 1. The summed E-state index contributed by atoms with van der Waals surface area (Å²) < 4.78 is 7.06. The number of halogens is 1. The van der Waals surface area contributed by atoms with Crippen LogP contribution in [-0.4, -0.2) is 52.7 Å². The normalized spacial score (nSPS) is 13.3. The number of hydrogen-bond acceptors (Lipinski definition) is 7. The number of carbonyl (C=O) groups excluding carboxylic acids is 1. The molecule has 10 nitrogen and oxygen atoms in total. The van der Waals surface area contributed by atoms with E-state index < -0.39 is 23.5 Å². The van der Waals surface area contributed by atoms with Crippen molar-refractivity contribution < 1.29 is 29.4 Å². The molecule has 0 radical (unpaired) electrons. The Morgan fingerprint density at radius 2 is 1.83 bits per heavy atom. The van der Waals surface area contributed by atoms with Crippen LogP contribution in [0.4, 0.5) is 5.69 Å². The van der Waals surface area contributed by atoms with Crippen LogP contribution in [0.3, 0.4) is 0 Å². The van der Waals surface area contributed by atoms with E-state index in [2.05, 4.69) is 10.5 Å². The zero-order valence-corrected chi connectivity index (χ0v) is 23.4. The van der Waals surface area contributed by atoms with Crippen LogP contribution in [0.1, 0.15) is 60.5 Å². The number of rotatable bonds is 13. The van der Waals surface area contributed by atoms with Crippen LogP contribution < -0.4 is 15.6 Å². The van der Waals surface area contributed by atoms with Gasteiger partial charge in [-0.25, -0.2) is 4.79 Å². The first kappa shape index (κ1) is 29.8. The Hall–Kier alpha value is -4.15. The number of aromatic nitrogens is 1. The standard InChI is InChI=1S/C30H32ClN3O7/c1-40-27-18-34(28(36)17-24(27)23-16-20(31)9-12-22(23)25-13-15-41-33-25)26(6-4-2-3-5-14-35)29(37)32-21-10-7-19(8-11-21)30(38)39/h7-12,16-18,26,35H,2-6,13-15H2,1H3,(H,32,37)(H,38,39). The second-order valence-corrected chi connectivity index (χ2v) is 10.1. The van der Waals surface area contributed by atoms with Gasteiger partial charge >= 0.3 is 5.97 Å². The summed E-state index contributed by atoms with van der Waals surface area (Å²) in [6.07, 6.45) is 5.38. The molecule has 0 saturated carbocycles. The van der Waals surface area contributed by atoms with Crippen LogP contribution in [0.15, 0.2) is 64.7 Å². The average Bonchev–Trinajstić information content (AvgIpc) is 3.50. The summed E-state index contributed by atoms with van der Waals surface area (Å²) in [5, 5.41) is 25.7. The molecule has 0 fully saturated rings. The molecular formula is C30H32ClN3O7. The monoisotopic (exact) mass is 581 g/mol. The third kappa shape index (κ3) is 7.33. The van der Waals surface area contributed by atoms with Crippen molar-refractivity contribution in [3.05, 3.63) is 81.2 Å². The summed E-state index contributed by atoms with van der Waals surface area (Å²) in [5.74, 6) is -1.12. The van der Waals surface area contributed by atoms with E-state index in [0.717, 1.165) is 24.1 Å². The van der Waals surface area contributed by atoms with Gasteiger partial charge in [-0.15, -0.1) is 0 Å². The SMILES string of the molecule is COc1cn(C(CCCCCCO)C(=O)Nc2ccc(C(=O)O)cc2)c(=O)cc1-c1cc(Cl)ccc1C1=NOCC1. The Morgan fingerprint density at radius 1 is 1.07 bits per heavy atom. The average molecular weight is 582 g/mol. The fraction of sp³-hybridized carbons (Fsp3) is 0.333. The molecule has 41 heavy (non-hydrogen) atoms. The van der Waals surface area contributed by atoms with Crippen LogP contribution in [0.5, 0.6) is 5.75 Å². The van der Waals surface area contributed by atoms with E-state index >= 15 is 0 Å². The molecule has 3 aromatic rings. The summed E-state index contributed by atoms with van der Waals surface area (Å²) in [5.41, 5.74) is 2.76. The van der Waals surface area contributed by atoms with Gasteiger partial charge in [0.1, 0.15) is 18.4 Å². The number of aliphatic hydroxyl groups is 1. The molecule has 1 aromatic heterocycles. The number of methoxy groups -OCH3 is 1. The van der Waals surface area contributed by atoms with E-state index in [1.54, 1.807) is 12.1 Å². The lowest BCUT2D eigenvalue weighted by molar-refractivity contribution is -0.119. The minimum absolute atomic E-state index is 0.0930. The van der Waals surface area contributed by atoms with Crippen LogP contribution in [-0.2, 0) is 9.63 Å². The third-order valence-corrected chi connectivity index (χ3v) is 7.11. The highest BCUT2D eigenvalue weighted by molar-refractivity contribution is 6.31. The fourth-order valence-electron chi connectivity index (χ4n) is 4.75. The van der Waals surface area contributed by atoms with Crippen LogP contribution in [0.2, 0.25) is 5.02 Å². The summed E-state index contributed by atoms with van der Waals surface area (Å²) in [6.45, 7) is 0.558. The Morgan fingerprint density at radius 3 is 2.49 bits per heavy atom. The molecule has 1 aliphatic heterocycles. The number of aliphatic hydroxyl groups excluding tert-OH is 1. The van der Waals surface area contributed by atoms with Gasteiger partial charge in [0.15, 0.2) is 0 Å². The Bertz CT molecular complexity index is 1480. The minimum Gasteiger partial charge on any atom is -0.495 e.